The minimum Gasteiger partial charge on any atom is -0.462 e. The molecule has 0 radical (unpaired) electrons. The third-order valence-corrected chi connectivity index (χ3v) is 3.56. The minimum absolute atomic E-state index is 0.347. The van der Waals surface area contributed by atoms with Gasteiger partial charge < -0.3 is 15.8 Å². The number of anilines is 2. The fourth-order valence-corrected chi connectivity index (χ4v) is 1.69. The van der Waals surface area contributed by atoms with Crippen LogP contribution in [-0.4, -0.2) is 30.6 Å². The van der Waals surface area contributed by atoms with Gasteiger partial charge in [0.2, 0.25) is 0 Å². The molecule has 0 aliphatic heterocycles. The van der Waals surface area contributed by atoms with Gasteiger partial charge in [0.05, 0.1) is 23.5 Å². The molecule has 0 spiro atoms. The first-order valence-electron chi connectivity index (χ1n) is 5.92. The van der Waals surface area contributed by atoms with Crippen LogP contribution in [0, 0.1) is 0 Å². The lowest BCUT2D eigenvalue weighted by Gasteiger charge is -2.14. The lowest BCUT2D eigenvalue weighted by atomic mass is 10.1. The second kappa shape index (κ2) is 7.16. The van der Waals surface area contributed by atoms with Crippen molar-refractivity contribution in [2.75, 3.05) is 30.5 Å². The summed E-state index contributed by atoms with van der Waals surface area (Å²) < 4.78 is 4.96. The van der Waals surface area contributed by atoms with Crippen molar-refractivity contribution in [2.24, 2.45) is 0 Å². The molecule has 1 aromatic carbocycles. The summed E-state index contributed by atoms with van der Waals surface area (Å²) in [6, 6.07) is 5.34. The maximum absolute atomic E-state index is 11.7. The second-order valence-corrected chi connectivity index (χ2v) is 5.19. The summed E-state index contributed by atoms with van der Waals surface area (Å²) in [5, 5.41) is 3.73. The van der Waals surface area contributed by atoms with Gasteiger partial charge in [0, 0.05) is 11.8 Å². The van der Waals surface area contributed by atoms with Gasteiger partial charge in [-0.1, -0.05) is 13.0 Å². The van der Waals surface area contributed by atoms with E-state index >= 15 is 0 Å². The van der Waals surface area contributed by atoms with E-state index in [-0.39, 0.29) is 5.97 Å². The van der Waals surface area contributed by atoms with Crippen molar-refractivity contribution in [3.63, 3.8) is 0 Å². The predicted molar refractivity (Wildman–Crippen MR) is 78.3 cm³/mol. The molecule has 0 aromatic heterocycles. The number of hydrogen-bond donors (Lipinski definition) is 2. The number of carbonyl (C=O) groups excluding carboxylic acids is 1. The van der Waals surface area contributed by atoms with Crippen LogP contribution in [0.5, 0.6) is 0 Å². The Morgan fingerprint density at radius 2 is 2.28 bits per heavy atom. The molecule has 1 aromatic rings. The fraction of sp³-hybridized carbons (Fsp3) is 0.462. The summed E-state index contributed by atoms with van der Waals surface area (Å²) in [4.78, 5) is 11.7. The van der Waals surface area contributed by atoms with Crippen LogP contribution in [0.3, 0.4) is 0 Å². The van der Waals surface area contributed by atoms with E-state index in [1.807, 2.05) is 6.07 Å². The van der Waals surface area contributed by atoms with Crippen molar-refractivity contribution in [1.82, 2.24) is 0 Å². The Hall–Kier alpha value is -1.36. The van der Waals surface area contributed by atoms with Crippen LogP contribution in [0.1, 0.15) is 24.2 Å². The highest BCUT2D eigenvalue weighted by molar-refractivity contribution is 7.99. The molecule has 3 N–H and O–H groups in total. The Morgan fingerprint density at radius 3 is 2.89 bits per heavy atom. The summed E-state index contributed by atoms with van der Waals surface area (Å²) in [5.41, 5.74) is 7.61. The van der Waals surface area contributed by atoms with Crippen molar-refractivity contribution < 1.29 is 9.53 Å². The van der Waals surface area contributed by atoms with Crippen LogP contribution in [0.4, 0.5) is 11.4 Å². The fourth-order valence-electron chi connectivity index (χ4n) is 1.44. The SMILES string of the molecule is CCOC(=O)c1cccc(NCC(C)SC)c1N. The van der Waals surface area contributed by atoms with E-state index in [2.05, 4.69) is 18.5 Å². The van der Waals surface area contributed by atoms with Crippen molar-refractivity contribution >= 4 is 29.1 Å². The number of hydrogen-bond acceptors (Lipinski definition) is 5. The third-order valence-electron chi connectivity index (χ3n) is 2.58. The minimum atomic E-state index is -0.378. The average molecular weight is 268 g/mol. The molecule has 0 fully saturated rings. The molecule has 0 aliphatic rings. The number of thioether (sulfide) groups is 1. The highest BCUT2D eigenvalue weighted by Gasteiger charge is 2.13. The number of nitrogen functional groups attached to an aromatic ring is 1. The summed E-state index contributed by atoms with van der Waals surface area (Å²) in [6.07, 6.45) is 2.06. The van der Waals surface area contributed by atoms with Crippen molar-refractivity contribution in [3.8, 4) is 0 Å². The van der Waals surface area contributed by atoms with Crippen molar-refractivity contribution in [1.29, 1.82) is 0 Å². The zero-order chi connectivity index (χ0) is 13.5. The summed E-state index contributed by atoms with van der Waals surface area (Å²) >= 11 is 1.77. The van der Waals surface area contributed by atoms with Gasteiger partial charge in [-0.15, -0.1) is 0 Å². The van der Waals surface area contributed by atoms with Crippen LogP contribution in [-0.2, 0) is 4.74 Å². The second-order valence-electron chi connectivity index (χ2n) is 3.91. The normalized spacial score (nSPS) is 11.9. The van der Waals surface area contributed by atoms with Crippen LogP contribution in [0.15, 0.2) is 18.2 Å². The first kappa shape index (κ1) is 14.7. The Morgan fingerprint density at radius 1 is 1.56 bits per heavy atom. The quantitative estimate of drug-likeness (QED) is 0.613. The molecule has 0 heterocycles. The van der Waals surface area contributed by atoms with Gasteiger partial charge in [0.15, 0.2) is 0 Å². The molecule has 0 saturated heterocycles. The number of esters is 1. The number of para-hydroxylation sites is 1. The molecule has 1 atom stereocenters. The standard InChI is InChI=1S/C13H20N2O2S/c1-4-17-13(16)10-6-5-7-11(12(10)14)15-8-9(2)18-3/h5-7,9,15H,4,8,14H2,1-3H3. The van der Waals surface area contributed by atoms with Gasteiger partial charge in [-0.3, -0.25) is 0 Å². The van der Waals surface area contributed by atoms with Gasteiger partial charge >= 0.3 is 5.97 Å². The highest BCUT2D eigenvalue weighted by atomic mass is 32.2. The summed E-state index contributed by atoms with van der Waals surface area (Å²) in [7, 11) is 0. The molecule has 5 heteroatoms. The first-order chi connectivity index (χ1) is 8.60. The Labute approximate surface area is 112 Å². The van der Waals surface area contributed by atoms with Crippen LogP contribution < -0.4 is 11.1 Å². The van der Waals surface area contributed by atoms with E-state index in [1.54, 1.807) is 30.8 Å². The summed E-state index contributed by atoms with van der Waals surface area (Å²) in [6.45, 7) is 5.05. The molecule has 0 amide bonds. The van der Waals surface area contributed by atoms with E-state index in [1.165, 1.54) is 0 Å². The molecule has 0 bridgehead atoms. The number of benzene rings is 1. The van der Waals surface area contributed by atoms with E-state index in [9.17, 15) is 4.79 Å². The monoisotopic (exact) mass is 268 g/mol. The van der Waals surface area contributed by atoms with Crippen LogP contribution >= 0.6 is 11.8 Å². The molecule has 1 rings (SSSR count). The van der Waals surface area contributed by atoms with Crippen LogP contribution in [0.2, 0.25) is 0 Å². The largest absolute Gasteiger partial charge is 0.462 e. The third kappa shape index (κ3) is 3.84. The molecule has 0 saturated carbocycles. The van der Waals surface area contributed by atoms with E-state index in [0.29, 0.717) is 23.1 Å². The Bertz CT molecular complexity index is 410. The first-order valence-corrected chi connectivity index (χ1v) is 7.21. The molecule has 4 nitrogen and oxygen atoms in total. The lowest BCUT2D eigenvalue weighted by Crippen LogP contribution is -2.15. The molecule has 0 aliphatic carbocycles. The zero-order valence-electron chi connectivity index (χ0n) is 11.0. The van der Waals surface area contributed by atoms with Crippen molar-refractivity contribution in [3.05, 3.63) is 23.8 Å². The molecule has 1 unspecified atom stereocenters. The van der Waals surface area contributed by atoms with Gasteiger partial charge in [0.1, 0.15) is 0 Å². The topological polar surface area (TPSA) is 64.3 Å². The highest BCUT2D eigenvalue weighted by Crippen LogP contribution is 2.24. The lowest BCUT2D eigenvalue weighted by molar-refractivity contribution is 0.0527. The number of carbonyl (C=O) groups is 1. The van der Waals surface area contributed by atoms with E-state index in [4.69, 9.17) is 10.5 Å². The number of nitrogens with two attached hydrogens (primary N) is 1. The molecule has 18 heavy (non-hydrogen) atoms. The number of nitrogens with one attached hydrogen (secondary N) is 1. The smallest absolute Gasteiger partial charge is 0.340 e. The average Bonchev–Trinajstić information content (AvgIpc) is 2.37. The van der Waals surface area contributed by atoms with Gasteiger partial charge in [-0.05, 0) is 25.3 Å². The zero-order valence-corrected chi connectivity index (χ0v) is 11.8. The number of rotatable bonds is 6. The van der Waals surface area contributed by atoms with Crippen molar-refractivity contribution in [2.45, 2.75) is 19.1 Å². The maximum atomic E-state index is 11.7. The Kier molecular flexibility index (Phi) is 5.85. The predicted octanol–water partition coefficient (Wildman–Crippen LogP) is 2.61. The molecular formula is C13H20N2O2S. The summed E-state index contributed by atoms with van der Waals surface area (Å²) in [5.74, 6) is -0.378. The Balaban J connectivity index is 2.81. The van der Waals surface area contributed by atoms with Gasteiger partial charge in [0.25, 0.3) is 0 Å². The van der Waals surface area contributed by atoms with E-state index < -0.39 is 0 Å². The van der Waals surface area contributed by atoms with E-state index in [0.717, 1.165) is 12.2 Å². The maximum Gasteiger partial charge on any atom is 0.340 e. The van der Waals surface area contributed by atoms with Crippen LogP contribution in [0.25, 0.3) is 0 Å². The number of ether oxygens (including phenoxy) is 1. The molecular weight excluding hydrogens is 248 g/mol. The van der Waals surface area contributed by atoms with Gasteiger partial charge in [-0.2, -0.15) is 11.8 Å². The molecule has 100 valence electrons. The van der Waals surface area contributed by atoms with Gasteiger partial charge in [-0.25, -0.2) is 4.79 Å².